The summed E-state index contributed by atoms with van der Waals surface area (Å²) < 4.78 is 6.33. The van der Waals surface area contributed by atoms with Gasteiger partial charge in [0.25, 0.3) is 5.91 Å². The van der Waals surface area contributed by atoms with Crippen LogP contribution in [0.5, 0.6) is 5.75 Å². The first kappa shape index (κ1) is 23.1. The van der Waals surface area contributed by atoms with Crippen LogP contribution in [0.4, 0.5) is 5.13 Å². The molecule has 29 heavy (non-hydrogen) atoms. The van der Waals surface area contributed by atoms with Gasteiger partial charge in [-0.05, 0) is 82.4 Å². The molecule has 0 spiro atoms. The molecule has 5 nitrogen and oxygen atoms in total. The van der Waals surface area contributed by atoms with E-state index in [0.717, 1.165) is 39.6 Å². The van der Waals surface area contributed by atoms with E-state index >= 15 is 0 Å². The van der Waals surface area contributed by atoms with Crippen LogP contribution < -0.4 is 9.64 Å². The number of rotatable bonds is 7. The van der Waals surface area contributed by atoms with Crippen molar-refractivity contribution in [2.75, 3.05) is 39.2 Å². The minimum atomic E-state index is -0.0326. The van der Waals surface area contributed by atoms with Gasteiger partial charge in [-0.15, -0.1) is 12.4 Å². The minimum absolute atomic E-state index is 0. The number of hydrogen-bond donors (Lipinski definition) is 0. The van der Waals surface area contributed by atoms with Crippen LogP contribution in [0.1, 0.15) is 27.9 Å². The first-order valence-electron chi connectivity index (χ1n) is 9.37. The molecule has 0 saturated carbocycles. The van der Waals surface area contributed by atoms with Gasteiger partial charge in [-0.1, -0.05) is 17.4 Å². The number of methoxy groups -OCH3 is 1. The van der Waals surface area contributed by atoms with Crippen LogP contribution in [0.3, 0.4) is 0 Å². The van der Waals surface area contributed by atoms with Crippen LogP contribution in [-0.4, -0.2) is 50.1 Å². The molecule has 0 saturated heterocycles. The molecule has 0 bridgehead atoms. The third kappa shape index (κ3) is 5.47. The normalized spacial score (nSPS) is 10.8. The monoisotopic (exact) mass is 433 g/mol. The molecule has 2 aromatic carbocycles. The molecule has 0 atom stereocenters. The average molecular weight is 434 g/mol. The molecule has 0 unspecified atom stereocenters. The molecule has 156 valence electrons. The first-order valence-corrected chi connectivity index (χ1v) is 10.2. The number of nitrogens with zero attached hydrogens (tertiary/aromatic N) is 3. The molecule has 0 radical (unpaired) electrons. The van der Waals surface area contributed by atoms with Crippen LogP contribution in [0.2, 0.25) is 0 Å². The molecule has 7 heteroatoms. The van der Waals surface area contributed by atoms with Gasteiger partial charge in [-0.25, -0.2) is 4.98 Å². The van der Waals surface area contributed by atoms with Gasteiger partial charge in [-0.2, -0.15) is 0 Å². The second kappa shape index (κ2) is 10.1. The van der Waals surface area contributed by atoms with E-state index in [0.29, 0.717) is 12.1 Å². The largest absolute Gasteiger partial charge is 0.497 e. The Bertz CT molecular complexity index is 970. The Morgan fingerprint density at radius 1 is 1.10 bits per heavy atom. The summed E-state index contributed by atoms with van der Waals surface area (Å²) in [6, 6.07) is 11.5. The molecule has 3 aromatic rings. The maximum absolute atomic E-state index is 13.3. The minimum Gasteiger partial charge on any atom is -0.497 e. The Labute approximate surface area is 182 Å². The van der Waals surface area contributed by atoms with Crippen molar-refractivity contribution in [2.45, 2.75) is 20.3 Å². The van der Waals surface area contributed by atoms with Crippen molar-refractivity contribution in [3.63, 3.8) is 0 Å². The molecule has 3 rings (SSSR count). The summed E-state index contributed by atoms with van der Waals surface area (Å²) >= 11 is 1.58. The summed E-state index contributed by atoms with van der Waals surface area (Å²) in [5.74, 6) is 0.705. The lowest BCUT2D eigenvalue weighted by molar-refractivity contribution is 0.0986. The van der Waals surface area contributed by atoms with E-state index in [4.69, 9.17) is 9.72 Å². The van der Waals surface area contributed by atoms with E-state index in [9.17, 15) is 4.79 Å². The van der Waals surface area contributed by atoms with E-state index in [-0.39, 0.29) is 18.3 Å². The van der Waals surface area contributed by atoms with Crippen molar-refractivity contribution in [1.82, 2.24) is 9.88 Å². The molecule has 1 amide bonds. The van der Waals surface area contributed by atoms with Crippen molar-refractivity contribution in [1.29, 1.82) is 0 Å². The van der Waals surface area contributed by atoms with E-state index in [1.54, 1.807) is 18.4 Å². The second-order valence-electron chi connectivity index (χ2n) is 7.27. The lowest BCUT2D eigenvalue weighted by atomic mass is 10.1. The number of anilines is 1. The highest BCUT2D eigenvalue weighted by atomic mass is 35.5. The molecule has 1 aromatic heterocycles. The van der Waals surface area contributed by atoms with Crippen molar-refractivity contribution in [2.24, 2.45) is 0 Å². The summed E-state index contributed by atoms with van der Waals surface area (Å²) in [5, 5.41) is 0.753. The number of halogens is 1. The number of amides is 1. The SMILES string of the molecule is COc1ccc(C(=O)N(CCCN(C)C)c2nc3c(C)cc(C)cc3s2)cc1.Cl. The van der Waals surface area contributed by atoms with Crippen LogP contribution in [0.15, 0.2) is 36.4 Å². The number of carbonyl (C=O) groups is 1. The maximum atomic E-state index is 13.3. The molecular formula is C22H28ClN3O2S. The van der Waals surface area contributed by atoms with Gasteiger partial charge < -0.3 is 9.64 Å². The number of thiazole rings is 1. The Morgan fingerprint density at radius 2 is 1.79 bits per heavy atom. The zero-order valence-corrected chi connectivity index (χ0v) is 19.2. The van der Waals surface area contributed by atoms with E-state index in [2.05, 4.69) is 30.9 Å². The van der Waals surface area contributed by atoms with E-state index in [1.165, 1.54) is 5.56 Å². The lowest BCUT2D eigenvalue weighted by Crippen LogP contribution is -2.33. The highest BCUT2D eigenvalue weighted by Crippen LogP contribution is 2.32. The van der Waals surface area contributed by atoms with Gasteiger partial charge >= 0.3 is 0 Å². The summed E-state index contributed by atoms with van der Waals surface area (Å²) in [6.07, 6.45) is 0.878. The van der Waals surface area contributed by atoms with Gasteiger partial charge in [0.1, 0.15) is 5.75 Å². The number of hydrogen-bond acceptors (Lipinski definition) is 5. The van der Waals surface area contributed by atoms with Gasteiger partial charge in [0, 0.05) is 12.1 Å². The summed E-state index contributed by atoms with van der Waals surface area (Å²) in [7, 11) is 5.70. The van der Waals surface area contributed by atoms with Gasteiger partial charge in [-0.3, -0.25) is 9.69 Å². The number of benzene rings is 2. The van der Waals surface area contributed by atoms with Crippen molar-refractivity contribution in [3.8, 4) is 5.75 Å². The first-order chi connectivity index (χ1) is 13.4. The van der Waals surface area contributed by atoms with Crippen molar-refractivity contribution in [3.05, 3.63) is 53.1 Å². The van der Waals surface area contributed by atoms with Crippen molar-refractivity contribution >= 4 is 45.0 Å². The number of aromatic nitrogens is 1. The highest BCUT2D eigenvalue weighted by molar-refractivity contribution is 7.22. The van der Waals surface area contributed by atoms with Crippen molar-refractivity contribution < 1.29 is 9.53 Å². The van der Waals surface area contributed by atoms with E-state index < -0.39 is 0 Å². The molecule has 0 aliphatic carbocycles. The lowest BCUT2D eigenvalue weighted by Gasteiger charge is -2.21. The number of carbonyl (C=O) groups excluding carboxylic acids is 1. The average Bonchev–Trinajstić information content (AvgIpc) is 3.08. The summed E-state index contributed by atoms with van der Waals surface area (Å²) in [4.78, 5) is 22.0. The second-order valence-corrected chi connectivity index (χ2v) is 8.28. The zero-order chi connectivity index (χ0) is 20.3. The molecule has 0 aliphatic rings. The standard InChI is InChI=1S/C22H27N3O2S.ClH/c1-15-13-16(2)20-19(14-15)28-22(23-20)25(12-6-11-24(3)4)21(26)17-7-9-18(27-5)10-8-17;/h7-10,13-14H,6,11-12H2,1-5H3;1H. The van der Waals surface area contributed by atoms with Crippen LogP contribution >= 0.6 is 23.7 Å². The summed E-state index contributed by atoms with van der Waals surface area (Å²) in [6.45, 7) is 5.69. The number of aryl methyl sites for hydroxylation is 2. The maximum Gasteiger partial charge on any atom is 0.260 e. The fraction of sp³-hybridized carbons (Fsp3) is 0.364. The Morgan fingerprint density at radius 3 is 2.41 bits per heavy atom. The summed E-state index contributed by atoms with van der Waals surface area (Å²) in [5.41, 5.74) is 3.96. The smallest absolute Gasteiger partial charge is 0.260 e. The highest BCUT2D eigenvalue weighted by Gasteiger charge is 2.22. The van der Waals surface area contributed by atoms with E-state index in [1.807, 2.05) is 43.3 Å². The van der Waals surface area contributed by atoms with Crippen LogP contribution in [0.25, 0.3) is 10.2 Å². The molecular weight excluding hydrogens is 406 g/mol. The fourth-order valence-electron chi connectivity index (χ4n) is 3.19. The Balaban J connectivity index is 0.00000300. The molecule has 0 aliphatic heterocycles. The zero-order valence-electron chi connectivity index (χ0n) is 17.6. The number of fused-ring (bicyclic) bond motifs is 1. The predicted octanol–water partition coefficient (Wildman–Crippen LogP) is 4.94. The van der Waals surface area contributed by atoms with Gasteiger partial charge in [0.15, 0.2) is 5.13 Å². The van der Waals surface area contributed by atoms with Gasteiger partial charge in [0.2, 0.25) is 0 Å². The Hall–Kier alpha value is -2.15. The number of ether oxygens (including phenoxy) is 1. The fourth-order valence-corrected chi connectivity index (χ4v) is 4.36. The van der Waals surface area contributed by atoms with Crippen LogP contribution in [-0.2, 0) is 0 Å². The van der Waals surface area contributed by atoms with Crippen LogP contribution in [0, 0.1) is 13.8 Å². The quantitative estimate of drug-likeness (QED) is 0.529. The molecule has 0 N–H and O–H groups in total. The topological polar surface area (TPSA) is 45.7 Å². The predicted molar refractivity (Wildman–Crippen MR) is 124 cm³/mol. The Kier molecular flexibility index (Phi) is 8.02. The molecule has 1 heterocycles. The van der Waals surface area contributed by atoms with Gasteiger partial charge in [0.05, 0.1) is 17.3 Å². The third-order valence-electron chi connectivity index (χ3n) is 4.62. The molecule has 0 fully saturated rings. The third-order valence-corrected chi connectivity index (χ3v) is 5.64.